The number of halogens is 1. The lowest BCUT2D eigenvalue weighted by molar-refractivity contribution is -0.130. The molecule has 2 atom stereocenters. The van der Waals surface area contributed by atoms with E-state index in [9.17, 15) is 9.18 Å². The molecule has 31 heavy (non-hydrogen) atoms. The number of hydrogen-bond donors (Lipinski definition) is 1. The predicted octanol–water partition coefficient (Wildman–Crippen LogP) is 5.08. The Balaban J connectivity index is 1.51. The van der Waals surface area contributed by atoms with Gasteiger partial charge in [0.25, 0.3) is 5.91 Å². The predicted molar refractivity (Wildman–Crippen MR) is 122 cm³/mol. The molecule has 6 rings (SSSR count). The van der Waals surface area contributed by atoms with E-state index in [1.165, 1.54) is 24.1 Å². The summed E-state index contributed by atoms with van der Waals surface area (Å²) < 4.78 is 13.7. The van der Waals surface area contributed by atoms with Crippen molar-refractivity contribution in [3.63, 3.8) is 0 Å². The number of H-pyrrole nitrogens is 1. The van der Waals surface area contributed by atoms with Crippen molar-refractivity contribution < 1.29 is 9.18 Å². The number of amides is 1. The average Bonchev–Trinajstić information content (AvgIpc) is 3.29. The van der Waals surface area contributed by atoms with Crippen molar-refractivity contribution >= 4 is 34.1 Å². The average molecular weight is 434 g/mol. The number of thiocarbonyl (C=S) groups is 1. The Kier molecular flexibility index (Phi) is 4.39. The Morgan fingerprint density at radius 1 is 1.00 bits per heavy atom. The molecule has 0 spiro atoms. The molecule has 0 unspecified atom stereocenters. The summed E-state index contributed by atoms with van der Waals surface area (Å²) in [5, 5.41) is 1.78. The van der Waals surface area contributed by atoms with Crippen LogP contribution in [0.15, 0.2) is 48.5 Å². The standard InChI is InChI=1S/C25H24FN3OS/c26-16-12-10-15(11-13-16)23-22-19(18-8-4-5-9-20(18)27-22)14-21-24(30)28(25(31)29(21)23)17-6-2-1-3-7-17/h4-5,8-13,17,21,23,27H,1-3,6-7,14H2/t21-,23-/m1/s1. The van der Waals surface area contributed by atoms with Crippen LogP contribution in [0.3, 0.4) is 0 Å². The molecule has 158 valence electrons. The van der Waals surface area contributed by atoms with Crippen molar-refractivity contribution in [2.45, 2.75) is 56.7 Å². The van der Waals surface area contributed by atoms with Gasteiger partial charge in [-0.2, -0.15) is 0 Å². The molecule has 3 aromatic rings. The molecule has 2 aromatic carbocycles. The Hall–Kier alpha value is -2.73. The fraction of sp³-hybridized carbons (Fsp3) is 0.360. The van der Waals surface area contributed by atoms with Crippen LogP contribution in [0.2, 0.25) is 0 Å². The van der Waals surface area contributed by atoms with Crippen LogP contribution in [-0.4, -0.2) is 37.9 Å². The number of nitrogens with zero attached hydrogens (tertiary/aromatic N) is 2. The minimum absolute atomic E-state index is 0.125. The third-order valence-corrected chi connectivity index (χ3v) is 7.61. The molecule has 1 N–H and O–H groups in total. The number of aromatic nitrogens is 1. The van der Waals surface area contributed by atoms with Crippen molar-refractivity contribution in [2.24, 2.45) is 0 Å². The van der Waals surface area contributed by atoms with E-state index < -0.39 is 0 Å². The number of carbonyl (C=O) groups excluding carboxylic acids is 1. The number of carbonyl (C=O) groups is 1. The fourth-order valence-electron chi connectivity index (χ4n) is 5.76. The van der Waals surface area contributed by atoms with Gasteiger partial charge in [-0.05, 0) is 54.4 Å². The van der Waals surface area contributed by atoms with Crippen molar-refractivity contribution in [3.05, 3.63) is 71.2 Å². The molecule has 1 saturated carbocycles. The maximum absolute atomic E-state index is 13.7. The quantitative estimate of drug-likeness (QED) is 0.573. The molecule has 4 nitrogen and oxygen atoms in total. The zero-order valence-electron chi connectivity index (χ0n) is 17.2. The second-order valence-electron chi connectivity index (χ2n) is 8.93. The van der Waals surface area contributed by atoms with E-state index >= 15 is 0 Å². The molecule has 2 aliphatic heterocycles. The number of para-hydroxylation sites is 1. The van der Waals surface area contributed by atoms with Crippen LogP contribution in [0.4, 0.5) is 4.39 Å². The molecule has 1 aromatic heterocycles. The van der Waals surface area contributed by atoms with Crippen molar-refractivity contribution in [3.8, 4) is 0 Å². The monoisotopic (exact) mass is 433 g/mol. The number of nitrogens with one attached hydrogen (secondary N) is 1. The van der Waals surface area contributed by atoms with Gasteiger partial charge in [0.15, 0.2) is 5.11 Å². The van der Waals surface area contributed by atoms with E-state index in [1.807, 2.05) is 29.2 Å². The van der Waals surface area contributed by atoms with Gasteiger partial charge < -0.3 is 9.88 Å². The zero-order chi connectivity index (χ0) is 21.1. The van der Waals surface area contributed by atoms with Gasteiger partial charge in [0.1, 0.15) is 11.9 Å². The highest BCUT2D eigenvalue weighted by molar-refractivity contribution is 7.80. The van der Waals surface area contributed by atoms with Gasteiger partial charge in [-0.1, -0.05) is 49.6 Å². The summed E-state index contributed by atoms with van der Waals surface area (Å²) in [5.74, 6) is -0.142. The molecule has 3 aliphatic rings. The summed E-state index contributed by atoms with van der Waals surface area (Å²) in [6.07, 6.45) is 6.19. The third kappa shape index (κ3) is 2.84. The van der Waals surface area contributed by atoms with E-state index in [-0.39, 0.29) is 29.8 Å². The van der Waals surface area contributed by atoms with E-state index in [0.717, 1.165) is 47.8 Å². The smallest absolute Gasteiger partial charge is 0.252 e. The van der Waals surface area contributed by atoms with Gasteiger partial charge in [0, 0.05) is 29.1 Å². The lowest BCUT2D eigenvalue weighted by Gasteiger charge is -2.38. The van der Waals surface area contributed by atoms with Crippen LogP contribution in [0, 0.1) is 5.82 Å². The van der Waals surface area contributed by atoms with E-state index in [1.54, 1.807) is 0 Å². The van der Waals surface area contributed by atoms with Crippen molar-refractivity contribution in [2.75, 3.05) is 0 Å². The van der Waals surface area contributed by atoms with E-state index in [0.29, 0.717) is 11.5 Å². The molecule has 1 saturated heterocycles. The lowest BCUT2D eigenvalue weighted by atomic mass is 9.89. The van der Waals surface area contributed by atoms with Gasteiger partial charge in [-0.25, -0.2) is 4.39 Å². The highest BCUT2D eigenvalue weighted by atomic mass is 32.1. The first kappa shape index (κ1) is 19.0. The molecule has 0 bridgehead atoms. The van der Waals surface area contributed by atoms with Gasteiger partial charge >= 0.3 is 0 Å². The first-order valence-corrected chi connectivity index (χ1v) is 11.5. The molecule has 6 heteroatoms. The van der Waals surface area contributed by atoms with Crippen LogP contribution >= 0.6 is 12.2 Å². The van der Waals surface area contributed by atoms with E-state index in [2.05, 4.69) is 22.0 Å². The second-order valence-corrected chi connectivity index (χ2v) is 9.29. The summed E-state index contributed by atoms with van der Waals surface area (Å²) in [5.41, 5.74) is 4.24. The van der Waals surface area contributed by atoms with Gasteiger partial charge in [-0.3, -0.25) is 9.69 Å². The third-order valence-electron chi connectivity index (χ3n) is 7.21. The summed E-state index contributed by atoms with van der Waals surface area (Å²) in [7, 11) is 0. The Morgan fingerprint density at radius 3 is 2.52 bits per heavy atom. The normalized spacial score (nSPS) is 24.0. The fourth-order valence-corrected chi connectivity index (χ4v) is 6.23. The maximum atomic E-state index is 13.7. The van der Waals surface area contributed by atoms with Crippen molar-refractivity contribution in [1.29, 1.82) is 0 Å². The van der Waals surface area contributed by atoms with Crippen LogP contribution in [0.1, 0.15) is 55.0 Å². The Bertz CT molecular complexity index is 1180. The molecule has 1 aliphatic carbocycles. The maximum Gasteiger partial charge on any atom is 0.252 e. The van der Waals surface area contributed by atoms with Gasteiger partial charge in [0.05, 0.1) is 6.04 Å². The molecule has 2 fully saturated rings. The number of benzene rings is 2. The second kappa shape index (κ2) is 7.16. The SMILES string of the molecule is O=C1[C@H]2Cc3c([nH]c4ccccc34)[C@@H](c3ccc(F)cc3)N2C(=S)N1C1CCCCC1. The van der Waals surface area contributed by atoms with Crippen LogP contribution in [0.25, 0.3) is 10.9 Å². The molecule has 3 heterocycles. The molecular weight excluding hydrogens is 409 g/mol. The van der Waals surface area contributed by atoms with Gasteiger partial charge in [-0.15, -0.1) is 0 Å². The van der Waals surface area contributed by atoms with Crippen LogP contribution in [-0.2, 0) is 11.2 Å². The first-order chi connectivity index (χ1) is 15.1. The number of hydrogen-bond acceptors (Lipinski definition) is 2. The molecular formula is C25H24FN3OS. The van der Waals surface area contributed by atoms with Gasteiger partial charge in [0.2, 0.25) is 0 Å². The van der Waals surface area contributed by atoms with Crippen molar-refractivity contribution in [1.82, 2.24) is 14.8 Å². The zero-order valence-corrected chi connectivity index (χ0v) is 18.0. The minimum Gasteiger partial charge on any atom is -0.356 e. The Morgan fingerprint density at radius 2 is 1.74 bits per heavy atom. The minimum atomic E-state index is -0.309. The molecule has 1 amide bonds. The summed E-state index contributed by atoms with van der Waals surface area (Å²) >= 11 is 5.95. The summed E-state index contributed by atoms with van der Waals surface area (Å²) in [6.45, 7) is 0. The lowest BCUT2D eigenvalue weighted by Crippen LogP contribution is -2.44. The highest BCUT2D eigenvalue weighted by Gasteiger charge is 2.52. The highest BCUT2D eigenvalue weighted by Crippen LogP contribution is 2.45. The topological polar surface area (TPSA) is 39.3 Å². The first-order valence-electron chi connectivity index (χ1n) is 11.1. The largest absolute Gasteiger partial charge is 0.356 e. The summed E-state index contributed by atoms with van der Waals surface area (Å²) in [4.78, 5) is 21.3. The molecule has 0 radical (unpaired) electrons. The number of fused-ring (bicyclic) bond motifs is 4. The number of rotatable bonds is 2. The number of aromatic amines is 1. The Labute approximate surface area is 186 Å². The summed E-state index contributed by atoms with van der Waals surface area (Å²) in [6, 6.07) is 14.5. The van der Waals surface area contributed by atoms with E-state index in [4.69, 9.17) is 12.2 Å². The van der Waals surface area contributed by atoms with Crippen LogP contribution in [0.5, 0.6) is 0 Å². The van der Waals surface area contributed by atoms with Crippen LogP contribution < -0.4 is 0 Å².